The molecule has 0 saturated carbocycles. The van der Waals surface area contributed by atoms with Crippen LogP contribution in [0.5, 0.6) is 0 Å². The second-order valence-electron chi connectivity index (χ2n) is 6.29. The third-order valence-electron chi connectivity index (χ3n) is 4.28. The number of piperidine rings is 1. The van der Waals surface area contributed by atoms with Gasteiger partial charge in [-0.05, 0) is 55.8 Å². The van der Waals surface area contributed by atoms with E-state index in [1.165, 1.54) is 24.3 Å². The topological polar surface area (TPSA) is 87.3 Å². The van der Waals surface area contributed by atoms with Crippen molar-refractivity contribution in [3.05, 3.63) is 54.1 Å². The first kappa shape index (κ1) is 22.1. The number of anilines is 2. The summed E-state index contributed by atoms with van der Waals surface area (Å²) in [5, 5.41) is 5.92. The number of halogens is 3. The Bertz CT molecular complexity index is 934. The molecule has 1 aliphatic rings. The number of nitrogens with one attached hydrogen (secondary N) is 3. The molecule has 28 heavy (non-hydrogen) atoms. The van der Waals surface area contributed by atoms with Crippen molar-refractivity contribution < 1.29 is 22.0 Å². The van der Waals surface area contributed by atoms with Crippen molar-refractivity contribution in [3.63, 3.8) is 0 Å². The molecule has 0 radical (unpaired) electrons. The van der Waals surface area contributed by atoms with Crippen molar-refractivity contribution in [1.29, 1.82) is 0 Å². The molecular formula is C18H20ClF2N3O3S. The van der Waals surface area contributed by atoms with E-state index in [0.717, 1.165) is 31.5 Å². The van der Waals surface area contributed by atoms with Gasteiger partial charge in [0, 0.05) is 18.3 Å². The summed E-state index contributed by atoms with van der Waals surface area (Å²) in [6.07, 6.45) is 1.74. The van der Waals surface area contributed by atoms with Crippen LogP contribution >= 0.6 is 12.4 Å². The molecule has 3 rings (SSSR count). The van der Waals surface area contributed by atoms with E-state index in [9.17, 15) is 22.0 Å². The van der Waals surface area contributed by atoms with Gasteiger partial charge in [-0.25, -0.2) is 17.2 Å². The smallest absolute Gasteiger partial charge is 0.261 e. The summed E-state index contributed by atoms with van der Waals surface area (Å²) in [4.78, 5) is 12.1. The molecule has 2 aromatic rings. The minimum Gasteiger partial charge on any atom is -0.326 e. The van der Waals surface area contributed by atoms with Crippen molar-refractivity contribution in [2.24, 2.45) is 5.92 Å². The van der Waals surface area contributed by atoms with E-state index in [2.05, 4.69) is 15.4 Å². The summed E-state index contributed by atoms with van der Waals surface area (Å²) >= 11 is 0. The molecule has 3 N–H and O–H groups in total. The number of carbonyl (C=O) groups is 1. The molecular weight excluding hydrogens is 412 g/mol. The van der Waals surface area contributed by atoms with E-state index >= 15 is 0 Å². The lowest BCUT2D eigenvalue weighted by molar-refractivity contribution is -0.120. The average Bonchev–Trinajstić information content (AvgIpc) is 2.65. The molecule has 0 bridgehead atoms. The van der Waals surface area contributed by atoms with Crippen LogP contribution in [0.3, 0.4) is 0 Å². The maximum absolute atomic E-state index is 13.7. The lowest BCUT2D eigenvalue weighted by Crippen LogP contribution is -2.37. The van der Waals surface area contributed by atoms with E-state index in [1.807, 2.05) is 0 Å². The Hall–Kier alpha value is -2.23. The maximum Gasteiger partial charge on any atom is 0.261 e. The van der Waals surface area contributed by atoms with Gasteiger partial charge in [0.2, 0.25) is 5.91 Å². The Morgan fingerprint density at radius 2 is 1.82 bits per heavy atom. The van der Waals surface area contributed by atoms with Gasteiger partial charge in [0.15, 0.2) is 0 Å². The molecule has 1 aliphatic heterocycles. The Balaban J connectivity index is 0.00000280. The first-order valence-electron chi connectivity index (χ1n) is 8.45. The Labute approximate surface area is 168 Å². The number of amides is 1. The molecule has 1 fully saturated rings. The number of benzene rings is 2. The molecule has 0 aliphatic carbocycles. The van der Waals surface area contributed by atoms with E-state index in [4.69, 9.17) is 0 Å². The van der Waals surface area contributed by atoms with Crippen molar-refractivity contribution in [2.45, 2.75) is 17.7 Å². The van der Waals surface area contributed by atoms with Crippen LogP contribution in [0.25, 0.3) is 0 Å². The highest BCUT2D eigenvalue weighted by Crippen LogP contribution is 2.22. The third kappa shape index (κ3) is 5.40. The van der Waals surface area contributed by atoms with Crippen LogP contribution < -0.4 is 15.4 Å². The maximum atomic E-state index is 13.7. The lowest BCUT2D eigenvalue weighted by atomic mass is 9.99. The molecule has 1 atom stereocenters. The molecule has 10 heteroatoms. The second-order valence-corrected chi connectivity index (χ2v) is 7.97. The van der Waals surface area contributed by atoms with E-state index in [1.54, 1.807) is 0 Å². The minimum absolute atomic E-state index is 0. The van der Waals surface area contributed by atoms with E-state index in [-0.39, 0.29) is 34.8 Å². The molecule has 1 heterocycles. The average molecular weight is 432 g/mol. The fourth-order valence-corrected chi connectivity index (χ4v) is 3.88. The van der Waals surface area contributed by atoms with Crippen molar-refractivity contribution >= 4 is 39.7 Å². The van der Waals surface area contributed by atoms with Crippen molar-refractivity contribution in [1.82, 2.24) is 5.32 Å². The van der Waals surface area contributed by atoms with Crippen LogP contribution in [-0.4, -0.2) is 27.4 Å². The van der Waals surface area contributed by atoms with Gasteiger partial charge in [-0.15, -0.1) is 12.4 Å². The summed E-state index contributed by atoms with van der Waals surface area (Å²) in [6.45, 7) is 1.52. The highest BCUT2D eigenvalue weighted by atomic mass is 35.5. The standard InChI is InChI=1S/C18H19F2N3O3S.ClH/c19-13-3-8-17(16(20)10-13)23-27(25,26)15-6-4-14(5-7-15)22-18(24)12-2-1-9-21-11-12;/h3-8,10,12,21,23H,1-2,9,11H2,(H,22,24);1H. The Morgan fingerprint density at radius 1 is 1.11 bits per heavy atom. The first-order chi connectivity index (χ1) is 12.8. The Morgan fingerprint density at radius 3 is 2.43 bits per heavy atom. The highest BCUT2D eigenvalue weighted by molar-refractivity contribution is 7.92. The van der Waals surface area contributed by atoms with Crippen molar-refractivity contribution in [2.75, 3.05) is 23.1 Å². The van der Waals surface area contributed by atoms with Crippen LogP contribution in [0.15, 0.2) is 47.4 Å². The molecule has 1 amide bonds. The highest BCUT2D eigenvalue weighted by Gasteiger charge is 2.21. The minimum atomic E-state index is -4.05. The number of hydrogen-bond donors (Lipinski definition) is 3. The summed E-state index contributed by atoms with van der Waals surface area (Å²) in [6, 6.07) is 8.09. The van der Waals surface area contributed by atoms with Gasteiger partial charge in [0.25, 0.3) is 10.0 Å². The zero-order valence-electron chi connectivity index (χ0n) is 14.7. The second kappa shape index (κ2) is 9.31. The first-order valence-corrected chi connectivity index (χ1v) is 9.93. The van der Waals surface area contributed by atoms with E-state index in [0.29, 0.717) is 18.3 Å². The van der Waals surface area contributed by atoms with Crippen LogP contribution in [0.2, 0.25) is 0 Å². The van der Waals surface area contributed by atoms with Gasteiger partial charge in [-0.3, -0.25) is 9.52 Å². The Kier molecular flexibility index (Phi) is 7.34. The number of sulfonamides is 1. The molecule has 152 valence electrons. The van der Waals surface area contributed by atoms with Crippen LogP contribution in [0.1, 0.15) is 12.8 Å². The predicted molar refractivity (Wildman–Crippen MR) is 105 cm³/mol. The van der Waals surface area contributed by atoms with Gasteiger partial charge in [-0.2, -0.15) is 0 Å². The summed E-state index contributed by atoms with van der Waals surface area (Å²) in [5.41, 5.74) is 0.121. The monoisotopic (exact) mass is 431 g/mol. The number of rotatable bonds is 5. The number of hydrogen-bond acceptors (Lipinski definition) is 4. The fourth-order valence-electron chi connectivity index (χ4n) is 2.81. The van der Waals surface area contributed by atoms with Crippen LogP contribution in [0, 0.1) is 17.6 Å². The molecule has 6 nitrogen and oxygen atoms in total. The zero-order chi connectivity index (χ0) is 19.4. The summed E-state index contributed by atoms with van der Waals surface area (Å²) in [5.74, 6) is -2.05. The third-order valence-corrected chi connectivity index (χ3v) is 5.66. The zero-order valence-corrected chi connectivity index (χ0v) is 16.4. The van der Waals surface area contributed by atoms with Crippen LogP contribution in [0.4, 0.5) is 20.2 Å². The fraction of sp³-hybridized carbons (Fsp3) is 0.278. The van der Waals surface area contributed by atoms with Gasteiger partial charge in [0.1, 0.15) is 11.6 Å². The lowest BCUT2D eigenvalue weighted by Gasteiger charge is -2.21. The quantitative estimate of drug-likeness (QED) is 0.678. The summed E-state index contributed by atoms with van der Waals surface area (Å²) < 4.78 is 53.4. The van der Waals surface area contributed by atoms with Gasteiger partial charge < -0.3 is 10.6 Å². The predicted octanol–water partition coefficient (Wildman–Crippen LogP) is 3.13. The molecule has 1 unspecified atom stereocenters. The van der Waals surface area contributed by atoms with Crippen molar-refractivity contribution in [3.8, 4) is 0 Å². The molecule has 2 aromatic carbocycles. The molecule has 0 aromatic heterocycles. The van der Waals surface area contributed by atoms with Crippen LogP contribution in [-0.2, 0) is 14.8 Å². The molecule has 1 saturated heterocycles. The normalized spacial score (nSPS) is 16.7. The SMILES string of the molecule is Cl.O=C(Nc1ccc(S(=O)(=O)Nc2ccc(F)cc2F)cc1)C1CCCNC1. The summed E-state index contributed by atoms with van der Waals surface area (Å²) in [7, 11) is -4.05. The largest absolute Gasteiger partial charge is 0.326 e. The van der Waals surface area contributed by atoms with E-state index < -0.39 is 21.7 Å². The van der Waals surface area contributed by atoms with Gasteiger partial charge >= 0.3 is 0 Å². The van der Waals surface area contributed by atoms with Gasteiger partial charge in [-0.1, -0.05) is 0 Å². The number of carbonyl (C=O) groups excluding carboxylic acids is 1. The molecule has 0 spiro atoms. The van der Waals surface area contributed by atoms with Gasteiger partial charge in [0.05, 0.1) is 16.5 Å².